The molecule has 1 unspecified atom stereocenters. The average molecular weight is 294 g/mol. The molecule has 0 heterocycles. The van der Waals surface area contributed by atoms with Crippen molar-refractivity contribution in [1.29, 1.82) is 0 Å². The van der Waals surface area contributed by atoms with Gasteiger partial charge in [0.05, 0.1) is 0 Å². The third-order valence-corrected chi connectivity index (χ3v) is 4.69. The van der Waals surface area contributed by atoms with Gasteiger partial charge in [-0.05, 0) is 55.0 Å². The van der Waals surface area contributed by atoms with E-state index < -0.39 is 0 Å². The molecular formula is C18H28ClN. The van der Waals surface area contributed by atoms with Crippen LogP contribution in [0.1, 0.15) is 45.1 Å². The predicted molar refractivity (Wildman–Crippen MR) is 88.3 cm³/mol. The van der Waals surface area contributed by atoms with Crippen LogP contribution in [-0.4, -0.2) is 13.1 Å². The summed E-state index contributed by atoms with van der Waals surface area (Å²) in [4.78, 5) is 0. The number of nitrogens with one attached hydrogen (secondary N) is 1. The molecule has 1 nitrogen and oxygen atoms in total. The Morgan fingerprint density at radius 1 is 1.10 bits per heavy atom. The van der Waals surface area contributed by atoms with Crippen molar-refractivity contribution in [3.8, 4) is 0 Å². The van der Waals surface area contributed by atoms with E-state index in [9.17, 15) is 0 Å². The molecule has 1 aliphatic rings. The van der Waals surface area contributed by atoms with Crippen molar-refractivity contribution in [1.82, 2.24) is 5.32 Å². The summed E-state index contributed by atoms with van der Waals surface area (Å²) in [6.07, 6.45) is 6.87. The lowest BCUT2D eigenvalue weighted by Gasteiger charge is -2.24. The topological polar surface area (TPSA) is 12.0 Å². The highest BCUT2D eigenvalue weighted by molar-refractivity contribution is 6.30. The largest absolute Gasteiger partial charge is 0.316 e. The fourth-order valence-electron chi connectivity index (χ4n) is 3.31. The molecule has 0 aromatic heterocycles. The van der Waals surface area contributed by atoms with E-state index in [0.717, 1.165) is 35.9 Å². The Balaban J connectivity index is 1.92. The molecule has 0 radical (unpaired) electrons. The third kappa shape index (κ3) is 5.10. The Kier molecular flexibility index (Phi) is 6.38. The Bertz CT molecular complexity index is 379. The number of halogens is 1. The fourth-order valence-corrected chi connectivity index (χ4v) is 3.44. The molecule has 1 N–H and O–H groups in total. The molecule has 1 aliphatic carbocycles. The van der Waals surface area contributed by atoms with Gasteiger partial charge in [-0.2, -0.15) is 0 Å². The second kappa shape index (κ2) is 8.05. The molecule has 20 heavy (non-hydrogen) atoms. The smallest absolute Gasteiger partial charge is 0.0406 e. The van der Waals surface area contributed by atoms with Gasteiger partial charge in [0.15, 0.2) is 0 Å². The van der Waals surface area contributed by atoms with E-state index in [-0.39, 0.29) is 0 Å². The first kappa shape index (κ1) is 15.9. The van der Waals surface area contributed by atoms with Crippen LogP contribution < -0.4 is 5.32 Å². The first-order valence-electron chi connectivity index (χ1n) is 8.10. The van der Waals surface area contributed by atoms with Crippen LogP contribution in [0.3, 0.4) is 0 Å². The van der Waals surface area contributed by atoms with Crippen molar-refractivity contribution >= 4 is 11.6 Å². The molecule has 2 heteroatoms. The van der Waals surface area contributed by atoms with Gasteiger partial charge >= 0.3 is 0 Å². The second-order valence-electron chi connectivity index (χ2n) is 6.69. The van der Waals surface area contributed by atoms with Crippen molar-refractivity contribution in [2.45, 2.75) is 46.0 Å². The van der Waals surface area contributed by atoms with Crippen LogP contribution in [0.2, 0.25) is 5.02 Å². The normalized spacial score (nSPS) is 17.8. The SMILES string of the molecule is CC(C)CNCC(Cc1ccc(Cl)cc1)C1CCCC1. The van der Waals surface area contributed by atoms with Gasteiger partial charge in [-0.1, -0.05) is 63.3 Å². The van der Waals surface area contributed by atoms with E-state index in [1.807, 2.05) is 12.1 Å². The number of hydrogen-bond donors (Lipinski definition) is 1. The second-order valence-corrected chi connectivity index (χ2v) is 7.12. The highest BCUT2D eigenvalue weighted by Gasteiger charge is 2.24. The van der Waals surface area contributed by atoms with Gasteiger partial charge in [0.2, 0.25) is 0 Å². The lowest BCUT2D eigenvalue weighted by molar-refractivity contribution is 0.316. The Morgan fingerprint density at radius 3 is 2.35 bits per heavy atom. The molecule has 0 aliphatic heterocycles. The molecule has 112 valence electrons. The highest BCUT2D eigenvalue weighted by Crippen LogP contribution is 2.33. The molecule has 1 aromatic carbocycles. The number of benzene rings is 1. The summed E-state index contributed by atoms with van der Waals surface area (Å²) in [6, 6.07) is 8.41. The van der Waals surface area contributed by atoms with Gasteiger partial charge in [-0.3, -0.25) is 0 Å². The summed E-state index contributed by atoms with van der Waals surface area (Å²) in [5, 5.41) is 4.50. The van der Waals surface area contributed by atoms with E-state index in [1.54, 1.807) is 0 Å². The fraction of sp³-hybridized carbons (Fsp3) is 0.667. The van der Waals surface area contributed by atoms with Gasteiger partial charge in [-0.15, -0.1) is 0 Å². The van der Waals surface area contributed by atoms with Gasteiger partial charge in [0.25, 0.3) is 0 Å². The lowest BCUT2D eigenvalue weighted by atomic mass is 9.85. The summed E-state index contributed by atoms with van der Waals surface area (Å²) in [5.74, 6) is 2.41. The van der Waals surface area contributed by atoms with E-state index in [2.05, 4.69) is 31.3 Å². The van der Waals surface area contributed by atoms with Crippen molar-refractivity contribution in [3.63, 3.8) is 0 Å². The molecule has 1 atom stereocenters. The maximum atomic E-state index is 5.98. The summed E-state index contributed by atoms with van der Waals surface area (Å²) >= 11 is 5.98. The van der Waals surface area contributed by atoms with Crippen LogP contribution >= 0.6 is 11.6 Å². The molecular weight excluding hydrogens is 266 g/mol. The Morgan fingerprint density at radius 2 is 1.75 bits per heavy atom. The van der Waals surface area contributed by atoms with E-state index in [1.165, 1.54) is 37.7 Å². The lowest BCUT2D eigenvalue weighted by Crippen LogP contribution is -2.31. The first-order chi connectivity index (χ1) is 9.65. The minimum atomic E-state index is 0.731. The maximum Gasteiger partial charge on any atom is 0.0406 e. The quantitative estimate of drug-likeness (QED) is 0.751. The van der Waals surface area contributed by atoms with Crippen molar-refractivity contribution in [3.05, 3.63) is 34.9 Å². The van der Waals surface area contributed by atoms with E-state index in [4.69, 9.17) is 11.6 Å². The molecule has 0 saturated heterocycles. The summed E-state index contributed by atoms with van der Waals surface area (Å²) < 4.78 is 0. The van der Waals surface area contributed by atoms with E-state index >= 15 is 0 Å². The standard InChI is InChI=1S/C18H28ClN/c1-14(2)12-20-13-17(16-5-3-4-6-16)11-15-7-9-18(19)10-8-15/h7-10,14,16-17,20H,3-6,11-13H2,1-2H3. The minimum Gasteiger partial charge on any atom is -0.316 e. The Hall–Kier alpha value is -0.530. The zero-order chi connectivity index (χ0) is 14.4. The van der Waals surface area contributed by atoms with Crippen LogP contribution in [0, 0.1) is 17.8 Å². The van der Waals surface area contributed by atoms with Crippen LogP contribution in [0.5, 0.6) is 0 Å². The van der Waals surface area contributed by atoms with Crippen molar-refractivity contribution in [2.24, 2.45) is 17.8 Å². The molecule has 0 bridgehead atoms. The first-order valence-corrected chi connectivity index (χ1v) is 8.48. The zero-order valence-corrected chi connectivity index (χ0v) is 13.6. The third-order valence-electron chi connectivity index (χ3n) is 4.44. The number of hydrogen-bond acceptors (Lipinski definition) is 1. The molecule has 0 spiro atoms. The number of rotatable bonds is 7. The monoisotopic (exact) mass is 293 g/mol. The molecule has 1 aromatic rings. The molecule has 0 amide bonds. The summed E-state index contributed by atoms with van der Waals surface area (Å²) in [6.45, 7) is 6.84. The van der Waals surface area contributed by atoms with Crippen LogP contribution in [0.25, 0.3) is 0 Å². The molecule has 2 rings (SSSR count). The van der Waals surface area contributed by atoms with Crippen LogP contribution in [-0.2, 0) is 6.42 Å². The van der Waals surface area contributed by atoms with Gasteiger partial charge < -0.3 is 5.32 Å². The van der Waals surface area contributed by atoms with Crippen molar-refractivity contribution < 1.29 is 0 Å². The minimum absolute atomic E-state index is 0.731. The maximum absolute atomic E-state index is 5.98. The van der Waals surface area contributed by atoms with Gasteiger partial charge in [-0.25, -0.2) is 0 Å². The zero-order valence-electron chi connectivity index (χ0n) is 12.9. The highest BCUT2D eigenvalue weighted by atomic mass is 35.5. The van der Waals surface area contributed by atoms with Crippen LogP contribution in [0.4, 0.5) is 0 Å². The van der Waals surface area contributed by atoms with Crippen LogP contribution in [0.15, 0.2) is 24.3 Å². The summed E-state index contributed by atoms with van der Waals surface area (Å²) in [5.41, 5.74) is 1.43. The van der Waals surface area contributed by atoms with Crippen molar-refractivity contribution in [2.75, 3.05) is 13.1 Å². The van der Waals surface area contributed by atoms with E-state index in [0.29, 0.717) is 0 Å². The molecule has 1 fully saturated rings. The van der Waals surface area contributed by atoms with Gasteiger partial charge in [0.1, 0.15) is 0 Å². The van der Waals surface area contributed by atoms with Gasteiger partial charge in [0, 0.05) is 5.02 Å². The molecule has 1 saturated carbocycles. The predicted octanol–water partition coefficient (Wildman–Crippen LogP) is 4.93. The summed E-state index contributed by atoms with van der Waals surface area (Å²) in [7, 11) is 0. The Labute approximate surface area is 129 Å². The average Bonchev–Trinajstić information content (AvgIpc) is 2.93.